The largest absolute Gasteiger partial charge is 0.458 e. The first kappa shape index (κ1) is 23.2. The SMILES string of the molecule is CC1=C(c2cccc3c2Oc2c(-c4ccccc4)ccc4c2B3c2cc(-c3ccccc3)ccc2O4)C=CCC1. The number of fused-ring (bicyclic) bond motifs is 4. The number of hydrogen-bond acceptors (Lipinski definition) is 2. The average Bonchev–Trinajstić information content (AvgIpc) is 3.02. The predicted octanol–water partition coefficient (Wildman–Crippen LogP) is 7.87. The van der Waals surface area contributed by atoms with Crippen molar-refractivity contribution in [3.8, 4) is 45.3 Å². The van der Waals surface area contributed by atoms with Crippen LogP contribution in [0, 0.1) is 0 Å². The molecule has 0 saturated heterocycles. The van der Waals surface area contributed by atoms with E-state index in [-0.39, 0.29) is 6.71 Å². The number of hydrogen-bond donors (Lipinski definition) is 0. The van der Waals surface area contributed by atoms with E-state index in [1.54, 1.807) is 0 Å². The maximum atomic E-state index is 7.02. The van der Waals surface area contributed by atoms with Crippen LogP contribution in [0.2, 0.25) is 0 Å². The number of allylic oxidation sites excluding steroid dienone is 4. The fourth-order valence-corrected chi connectivity index (χ4v) is 6.48. The molecule has 5 aromatic rings. The normalized spacial score (nSPS) is 14.6. The van der Waals surface area contributed by atoms with Gasteiger partial charge in [0.05, 0.1) is 0 Å². The van der Waals surface area contributed by atoms with Crippen molar-refractivity contribution in [1.29, 1.82) is 0 Å². The molecule has 0 atom stereocenters. The van der Waals surface area contributed by atoms with Crippen molar-refractivity contribution in [2.24, 2.45) is 0 Å². The maximum absolute atomic E-state index is 7.02. The van der Waals surface area contributed by atoms with Crippen LogP contribution in [-0.4, -0.2) is 6.71 Å². The minimum absolute atomic E-state index is 0.00162. The first-order valence-corrected chi connectivity index (χ1v) is 14.0. The summed E-state index contributed by atoms with van der Waals surface area (Å²) in [6.45, 7) is 2.25. The van der Waals surface area contributed by atoms with Crippen LogP contribution < -0.4 is 25.9 Å². The van der Waals surface area contributed by atoms with Gasteiger partial charge in [0.15, 0.2) is 0 Å². The van der Waals surface area contributed by atoms with Crippen LogP contribution in [0.3, 0.4) is 0 Å². The fourth-order valence-electron chi connectivity index (χ4n) is 6.48. The minimum Gasteiger partial charge on any atom is -0.458 e. The number of ether oxygens (including phenoxy) is 2. The van der Waals surface area contributed by atoms with Crippen LogP contribution in [0.1, 0.15) is 25.3 Å². The van der Waals surface area contributed by atoms with Crippen molar-refractivity contribution in [3.63, 3.8) is 0 Å². The molecule has 3 aliphatic rings. The quantitative estimate of drug-likeness (QED) is 0.224. The molecule has 2 aliphatic heterocycles. The van der Waals surface area contributed by atoms with Gasteiger partial charge < -0.3 is 9.47 Å². The monoisotopic (exact) mass is 514 g/mol. The molecule has 0 N–H and O–H groups in total. The molecule has 0 fully saturated rings. The van der Waals surface area contributed by atoms with Crippen molar-refractivity contribution in [3.05, 3.63) is 132 Å². The van der Waals surface area contributed by atoms with Crippen LogP contribution in [0.25, 0.3) is 27.8 Å². The Kier molecular flexibility index (Phi) is 5.31. The van der Waals surface area contributed by atoms with Gasteiger partial charge in [0.2, 0.25) is 0 Å². The second-order valence-corrected chi connectivity index (χ2v) is 10.8. The average molecular weight is 514 g/mol. The predicted molar refractivity (Wildman–Crippen MR) is 166 cm³/mol. The Balaban J connectivity index is 1.41. The third-order valence-electron chi connectivity index (χ3n) is 8.46. The Morgan fingerprint density at radius 2 is 1.38 bits per heavy atom. The van der Waals surface area contributed by atoms with Crippen LogP contribution in [0.15, 0.2) is 127 Å². The summed E-state index contributed by atoms with van der Waals surface area (Å²) >= 11 is 0. The van der Waals surface area contributed by atoms with Crippen LogP contribution >= 0.6 is 0 Å². The highest BCUT2D eigenvalue weighted by Gasteiger charge is 2.42. The van der Waals surface area contributed by atoms with E-state index >= 15 is 0 Å². The molecule has 2 nitrogen and oxygen atoms in total. The van der Waals surface area contributed by atoms with Crippen molar-refractivity contribution >= 4 is 28.7 Å². The molecule has 0 bridgehead atoms. The zero-order valence-electron chi connectivity index (χ0n) is 22.4. The van der Waals surface area contributed by atoms with Gasteiger partial charge in [0, 0.05) is 16.6 Å². The zero-order valence-corrected chi connectivity index (χ0v) is 22.4. The number of rotatable bonds is 3. The second-order valence-electron chi connectivity index (χ2n) is 10.8. The van der Waals surface area contributed by atoms with Gasteiger partial charge in [-0.2, -0.15) is 0 Å². The Hall–Kier alpha value is -4.76. The van der Waals surface area contributed by atoms with Crippen molar-refractivity contribution in [2.75, 3.05) is 0 Å². The van der Waals surface area contributed by atoms with Crippen molar-refractivity contribution in [1.82, 2.24) is 0 Å². The molecule has 5 aromatic carbocycles. The van der Waals surface area contributed by atoms with Gasteiger partial charge in [-0.05, 0) is 71.2 Å². The van der Waals surface area contributed by atoms with Gasteiger partial charge in [-0.1, -0.05) is 109 Å². The summed E-state index contributed by atoms with van der Waals surface area (Å²) in [5.41, 5.74) is 11.9. The lowest BCUT2D eigenvalue weighted by Crippen LogP contribution is -2.57. The van der Waals surface area contributed by atoms with Gasteiger partial charge in [-0.25, -0.2) is 0 Å². The summed E-state index contributed by atoms with van der Waals surface area (Å²) in [5.74, 6) is 3.61. The molecular formula is C37H27BO2. The maximum Gasteiger partial charge on any atom is 0.260 e. The first-order valence-electron chi connectivity index (χ1n) is 14.0. The topological polar surface area (TPSA) is 18.5 Å². The second kappa shape index (κ2) is 9.17. The summed E-state index contributed by atoms with van der Waals surface area (Å²) < 4.78 is 13.6. The highest BCUT2D eigenvalue weighted by molar-refractivity contribution is 6.98. The van der Waals surface area contributed by atoms with E-state index < -0.39 is 0 Å². The Bertz CT molecular complexity index is 1850. The standard InChI is InChI=1S/C37H27BO2/c1-24-11-8-9-16-28(24)30-17-10-18-31-36(30)40-37-29(26-14-6-3-7-15-26)20-22-34-35(37)38(31)32-23-27(19-21-33(32)39-34)25-12-4-2-5-13-25/h2-7,9-10,12-23H,8,11H2,1H3. The lowest BCUT2D eigenvalue weighted by atomic mass is 9.34. The van der Waals surface area contributed by atoms with E-state index in [2.05, 4.69) is 128 Å². The minimum atomic E-state index is -0.00162. The molecule has 0 saturated carbocycles. The molecule has 1 aliphatic carbocycles. The van der Waals surface area contributed by atoms with E-state index in [1.165, 1.54) is 33.2 Å². The summed E-state index contributed by atoms with van der Waals surface area (Å²) in [5, 5.41) is 0. The Morgan fingerprint density at radius 3 is 2.17 bits per heavy atom. The van der Waals surface area contributed by atoms with Crippen LogP contribution in [-0.2, 0) is 0 Å². The fraction of sp³-hybridized carbons (Fsp3) is 0.0811. The molecule has 0 unspecified atom stereocenters. The van der Waals surface area contributed by atoms with Crippen molar-refractivity contribution in [2.45, 2.75) is 19.8 Å². The third kappa shape index (κ3) is 3.58. The third-order valence-corrected chi connectivity index (χ3v) is 8.46. The van der Waals surface area contributed by atoms with Gasteiger partial charge in [-0.3, -0.25) is 0 Å². The van der Waals surface area contributed by atoms with Gasteiger partial charge in [-0.15, -0.1) is 0 Å². The molecule has 0 radical (unpaired) electrons. The van der Waals surface area contributed by atoms with E-state index in [0.29, 0.717) is 0 Å². The lowest BCUT2D eigenvalue weighted by Gasteiger charge is -2.35. The molecule has 3 heteroatoms. The summed E-state index contributed by atoms with van der Waals surface area (Å²) in [7, 11) is 0. The van der Waals surface area contributed by atoms with E-state index in [1.807, 2.05) is 0 Å². The first-order chi connectivity index (χ1) is 19.8. The van der Waals surface area contributed by atoms with Gasteiger partial charge >= 0.3 is 0 Å². The van der Waals surface area contributed by atoms with Gasteiger partial charge in [0.25, 0.3) is 6.71 Å². The lowest BCUT2D eigenvalue weighted by molar-refractivity contribution is 0.465. The highest BCUT2D eigenvalue weighted by Crippen LogP contribution is 2.44. The summed E-state index contributed by atoms with van der Waals surface area (Å²) in [6, 6.07) is 38.6. The molecule has 2 heterocycles. The molecule has 0 amide bonds. The molecular weight excluding hydrogens is 487 g/mol. The van der Waals surface area contributed by atoms with E-state index in [4.69, 9.17) is 9.47 Å². The van der Waals surface area contributed by atoms with Crippen LogP contribution in [0.4, 0.5) is 0 Å². The molecule has 40 heavy (non-hydrogen) atoms. The number of benzene rings is 5. The van der Waals surface area contributed by atoms with Crippen LogP contribution in [0.5, 0.6) is 23.0 Å². The van der Waals surface area contributed by atoms with Crippen molar-refractivity contribution < 1.29 is 9.47 Å². The zero-order chi connectivity index (χ0) is 26.6. The molecule has 0 spiro atoms. The summed E-state index contributed by atoms with van der Waals surface area (Å²) in [6.07, 6.45) is 6.71. The van der Waals surface area contributed by atoms with E-state index in [0.717, 1.165) is 58.0 Å². The Morgan fingerprint density at radius 1 is 0.600 bits per heavy atom. The summed E-state index contributed by atoms with van der Waals surface area (Å²) in [4.78, 5) is 0. The smallest absolute Gasteiger partial charge is 0.260 e. The highest BCUT2D eigenvalue weighted by atomic mass is 16.5. The number of para-hydroxylation sites is 1. The molecule has 0 aromatic heterocycles. The van der Waals surface area contributed by atoms with E-state index in [9.17, 15) is 0 Å². The molecule has 8 rings (SSSR count). The molecule has 190 valence electrons. The Labute approximate surface area is 235 Å². The van der Waals surface area contributed by atoms with Gasteiger partial charge in [0.1, 0.15) is 23.0 Å².